The normalized spacial score (nSPS) is 36.6. The second kappa shape index (κ2) is 2.08. The molecule has 0 aromatic carbocycles. The van der Waals surface area contributed by atoms with Crippen molar-refractivity contribution in [2.24, 2.45) is 0 Å². The van der Waals surface area contributed by atoms with Crippen molar-refractivity contribution in [2.75, 3.05) is 6.54 Å². The van der Waals surface area contributed by atoms with E-state index < -0.39 is 6.10 Å². The van der Waals surface area contributed by atoms with Crippen LogP contribution < -0.4 is 0 Å². The van der Waals surface area contributed by atoms with Crippen LogP contribution in [0.3, 0.4) is 0 Å². The number of nitrogens with zero attached hydrogens (tertiary/aromatic N) is 1. The summed E-state index contributed by atoms with van der Waals surface area (Å²) in [4.78, 5) is 13.0. The van der Waals surface area contributed by atoms with Gasteiger partial charge in [-0.1, -0.05) is 6.58 Å². The molecule has 2 fully saturated rings. The molecule has 0 saturated carbocycles. The van der Waals surface area contributed by atoms with Crippen molar-refractivity contribution in [3.05, 3.63) is 12.2 Å². The summed E-state index contributed by atoms with van der Waals surface area (Å²) >= 11 is 0. The van der Waals surface area contributed by atoms with E-state index in [1.807, 2.05) is 0 Å². The van der Waals surface area contributed by atoms with E-state index in [0.717, 1.165) is 19.4 Å². The first-order valence-electron chi connectivity index (χ1n) is 3.89. The Balaban J connectivity index is 2.30. The van der Waals surface area contributed by atoms with Gasteiger partial charge in [0.15, 0.2) is 0 Å². The highest BCUT2D eigenvalue weighted by atomic mass is 16.3. The molecule has 11 heavy (non-hydrogen) atoms. The molecule has 2 rings (SSSR count). The zero-order chi connectivity index (χ0) is 8.01. The van der Waals surface area contributed by atoms with Gasteiger partial charge in [0.05, 0.1) is 6.04 Å². The second-order valence-electron chi connectivity index (χ2n) is 3.18. The molecule has 1 N–H and O–H groups in total. The smallest absolute Gasteiger partial charge is 0.252 e. The zero-order valence-corrected chi connectivity index (χ0v) is 6.29. The largest absolute Gasteiger partial charge is 0.386 e. The number of hydrogen-bond acceptors (Lipinski definition) is 2. The lowest BCUT2D eigenvalue weighted by molar-refractivity contribution is -0.125. The summed E-state index contributed by atoms with van der Waals surface area (Å²) in [5, 5.41) is 9.48. The van der Waals surface area contributed by atoms with Crippen LogP contribution in [0.2, 0.25) is 0 Å². The highest BCUT2D eigenvalue weighted by Crippen LogP contribution is 2.31. The van der Waals surface area contributed by atoms with E-state index in [-0.39, 0.29) is 11.9 Å². The molecule has 0 unspecified atom stereocenters. The Labute approximate surface area is 65.3 Å². The standard InChI is InChI=1S/C8H11NO2/c1-5-7(10)6-3-2-4-9(6)8(5)11/h6-7,10H,1-4H2/t6-,7+/m0/s1. The molecule has 2 aliphatic heterocycles. The SMILES string of the molecule is C=C1C(=O)N2CCC[C@H]2[C@@H]1O. The lowest BCUT2D eigenvalue weighted by Crippen LogP contribution is -2.30. The third kappa shape index (κ3) is 0.744. The first kappa shape index (κ1) is 6.85. The van der Waals surface area contributed by atoms with Gasteiger partial charge < -0.3 is 10.0 Å². The molecule has 3 heteroatoms. The third-order valence-electron chi connectivity index (χ3n) is 2.56. The van der Waals surface area contributed by atoms with E-state index in [2.05, 4.69) is 6.58 Å². The van der Waals surface area contributed by atoms with E-state index >= 15 is 0 Å². The van der Waals surface area contributed by atoms with Crippen LogP contribution in [0.25, 0.3) is 0 Å². The van der Waals surface area contributed by atoms with Crippen LogP contribution in [-0.2, 0) is 4.79 Å². The van der Waals surface area contributed by atoms with E-state index in [1.165, 1.54) is 0 Å². The summed E-state index contributed by atoms with van der Waals surface area (Å²) in [6.07, 6.45) is 1.33. The maximum atomic E-state index is 11.3. The predicted octanol–water partition coefficient (Wildman–Crippen LogP) is -0.0919. The van der Waals surface area contributed by atoms with E-state index in [0.29, 0.717) is 5.57 Å². The van der Waals surface area contributed by atoms with Crippen molar-refractivity contribution in [3.8, 4) is 0 Å². The van der Waals surface area contributed by atoms with Crippen LogP contribution in [0.4, 0.5) is 0 Å². The van der Waals surface area contributed by atoms with Crippen molar-refractivity contribution >= 4 is 5.91 Å². The Hall–Kier alpha value is -0.830. The Bertz CT molecular complexity index is 224. The highest BCUT2D eigenvalue weighted by molar-refractivity contribution is 5.97. The van der Waals surface area contributed by atoms with Gasteiger partial charge in [0.2, 0.25) is 0 Å². The molecule has 2 heterocycles. The van der Waals surface area contributed by atoms with Gasteiger partial charge in [-0.25, -0.2) is 0 Å². The molecule has 0 aromatic rings. The van der Waals surface area contributed by atoms with Gasteiger partial charge in [0, 0.05) is 12.1 Å². The van der Waals surface area contributed by atoms with Gasteiger partial charge in [0.1, 0.15) is 6.10 Å². The summed E-state index contributed by atoms with van der Waals surface area (Å²) in [6.45, 7) is 4.35. The molecule has 2 atom stereocenters. The van der Waals surface area contributed by atoms with Gasteiger partial charge >= 0.3 is 0 Å². The van der Waals surface area contributed by atoms with E-state index in [9.17, 15) is 9.90 Å². The number of carbonyl (C=O) groups is 1. The molecular formula is C8H11NO2. The molecule has 3 nitrogen and oxygen atoms in total. The van der Waals surface area contributed by atoms with Crippen LogP contribution in [0.1, 0.15) is 12.8 Å². The number of carbonyl (C=O) groups excluding carboxylic acids is 1. The van der Waals surface area contributed by atoms with E-state index in [4.69, 9.17) is 0 Å². The van der Waals surface area contributed by atoms with Crippen molar-refractivity contribution in [1.29, 1.82) is 0 Å². The van der Waals surface area contributed by atoms with Crippen LogP contribution in [0, 0.1) is 0 Å². The van der Waals surface area contributed by atoms with Crippen molar-refractivity contribution in [2.45, 2.75) is 25.0 Å². The van der Waals surface area contributed by atoms with Crippen LogP contribution in [0.15, 0.2) is 12.2 Å². The van der Waals surface area contributed by atoms with Crippen LogP contribution >= 0.6 is 0 Å². The average Bonchev–Trinajstić information content (AvgIpc) is 2.53. The van der Waals surface area contributed by atoms with Gasteiger partial charge in [-0.05, 0) is 12.8 Å². The van der Waals surface area contributed by atoms with Crippen molar-refractivity contribution in [3.63, 3.8) is 0 Å². The molecule has 0 aromatic heterocycles. The number of aliphatic hydroxyl groups excluding tert-OH is 1. The van der Waals surface area contributed by atoms with E-state index in [1.54, 1.807) is 4.90 Å². The maximum absolute atomic E-state index is 11.3. The number of aliphatic hydroxyl groups is 1. The molecule has 0 aliphatic carbocycles. The van der Waals surface area contributed by atoms with Gasteiger partial charge in [-0.3, -0.25) is 4.79 Å². The molecule has 60 valence electrons. The molecular weight excluding hydrogens is 142 g/mol. The highest BCUT2D eigenvalue weighted by Gasteiger charge is 2.44. The maximum Gasteiger partial charge on any atom is 0.252 e. The fourth-order valence-corrected chi connectivity index (χ4v) is 1.92. The zero-order valence-electron chi connectivity index (χ0n) is 6.29. The summed E-state index contributed by atoms with van der Waals surface area (Å²) in [6, 6.07) is 0.0370. The summed E-state index contributed by atoms with van der Waals surface area (Å²) in [5.41, 5.74) is 0.370. The predicted molar refractivity (Wildman–Crippen MR) is 39.9 cm³/mol. The molecule has 2 aliphatic rings. The first-order chi connectivity index (χ1) is 5.22. The van der Waals surface area contributed by atoms with Crippen molar-refractivity contribution in [1.82, 2.24) is 4.90 Å². The van der Waals surface area contributed by atoms with Crippen LogP contribution in [-0.4, -0.2) is 34.6 Å². The Kier molecular flexibility index (Phi) is 1.29. The molecule has 0 radical (unpaired) electrons. The lowest BCUT2D eigenvalue weighted by Gasteiger charge is -2.14. The minimum atomic E-state index is -0.606. The molecule has 1 amide bonds. The number of amides is 1. The Morgan fingerprint density at radius 1 is 1.64 bits per heavy atom. The Morgan fingerprint density at radius 2 is 2.36 bits per heavy atom. The summed E-state index contributed by atoms with van der Waals surface area (Å²) in [5.74, 6) is -0.0556. The summed E-state index contributed by atoms with van der Waals surface area (Å²) in [7, 11) is 0. The minimum absolute atomic E-state index is 0.0370. The fourth-order valence-electron chi connectivity index (χ4n) is 1.92. The molecule has 0 spiro atoms. The minimum Gasteiger partial charge on any atom is -0.386 e. The number of rotatable bonds is 0. The Morgan fingerprint density at radius 3 is 3.00 bits per heavy atom. The topological polar surface area (TPSA) is 40.5 Å². The second-order valence-corrected chi connectivity index (χ2v) is 3.18. The first-order valence-corrected chi connectivity index (χ1v) is 3.89. The lowest BCUT2D eigenvalue weighted by atomic mass is 10.1. The van der Waals surface area contributed by atoms with Crippen LogP contribution in [0.5, 0.6) is 0 Å². The monoisotopic (exact) mass is 153 g/mol. The third-order valence-corrected chi connectivity index (χ3v) is 2.56. The number of hydrogen-bond donors (Lipinski definition) is 1. The fraction of sp³-hybridized carbons (Fsp3) is 0.625. The quantitative estimate of drug-likeness (QED) is 0.494. The molecule has 2 saturated heterocycles. The molecule has 0 bridgehead atoms. The number of fused-ring (bicyclic) bond motifs is 1. The summed E-state index contributed by atoms with van der Waals surface area (Å²) < 4.78 is 0. The van der Waals surface area contributed by atoms with Gasteiger partial charge in [-0.2, -0.15) is 0 Å². The van der Waals surface area contributed by atoms with Crippen molar-refractivity contribution < 1.29 is 9.90 Å². The average molecular weight is 153 g/mol. The van der Waals surface area contributed by atoms with Gasteiger partial charge in [-0.15, -0.1) is 0 Å². The van der Waals surface area contributed by atoms with Gasteiger partial charge in [0.25, 0.3) is 5.91 Å².